The Morgan fingerprint density at radius 3 is 2.81 bits per heavy atom. The molecular formula is C13H20N4O4. The molecule has 1 fully saturated rings. The number of rotatable bonds is 5. The summed E-state index contributed by atoms with van der Waals surface area (Å²) >= 11 is 0. The van der Waals surface area contributed by atoms with Crippen LogP contribution in [-0.4, -0.2) is 59.5 Å². The van der Waals surface area contributed by atoms with Crippen LogP contribution in [0.3, 0.4) is 0 Å². The van der Waals surface area contributed by atoms with E-state index in [1.165, 1.54) is 0 Å². The third kappa shape index (κ3) is 4.83. The fraction of sp³-hybridized carbons (Fsp3) is 0.615. The Morgan fingerprint density at radius 1 is 1.38 bits per heavy atom. The van der Waals surface area contributed by atoms with Gasteiger partial charge in [0.05, 0.1) is 13.2 Å². The smallest absolute Gasteiger partial charge is 0.265 e. The SMILES string of the molecule is C[C@@H](CN1CCOCC1)NC(=O)Cn1[nH]c(=O)ccc1=O. The van der Waals surface area contributed by atoms with Gasteiger partial charge in [0, 0.05) is 37.8 Å². The Bertz CT molecular complexity index is 588. The van der Waals surface area contributed by atoms with Crippen molar-refractivity contribution in [2.75, 3.05) is 32.8 Å². The first-order valence-corrected chi connectivity index (χ1v) is 6.94. The van der Waals surface area contributed by atoms with Gasteiger partial charge in [-0.3, -0.25) is 24.4 Å². The molecule has 0 bridgehead atoms. The highest BCUT2D eigenvalue weighted by molar-refractivity contribution is 5.75. The molecular weight excluding hydrogens is 276 g/mol. The third-order valence-electron chi connectivity index (χ3n) is 3.23. The average Bonchev–Trinajstić information content (AvgIpc) is 2.43. The number of hydrogen-bond acceptors (Lipinski definition) is 5. The molecule has 116 valence electrons. The molecule has 1 aromatic heterocycles. The van der Waals surface area contributed by atoms with Gasteiger partial charge in [0.15, 0.2) is 0 Å². The van der Waals surface area contributed by atoms with Crippen LogP contribution in [0.5, 0.6) is 0 Å². The molecule has 1 aliphatic heterocycles. The number of morpholine rings is 1. The van der Waals surface area contributed by atoms with Gasteiger partial charge in [0.2, 0.25) is 5.91 Å². The zero-order valence-electron chi connectivity index (χ0n) is 12.0. The lowest BCUT2D eigenvalue weighted by Gasteiger charge is -2.29. The molecule has 0 unspecified atom stereocenters. The molecule has 0 aliphatic carbocycles. The number of hydrogen-bond donors (Lipinski definition) is 2. The second-order valence-corrected chi connectivity index (χ2v) is 5.12. The average molecular weight is 296 g/mol. The standard InChI is InChI=1S/C13H20N4O4/c1-10(8-16-4-6-21-7-5-16)14-12(19)9-17-13(20)3-2-11(18)15-17/h2-3,10H,4-9H2,1H3,(H,14,19)(H,15,18)/t10-/m0/s1. The summed E-state index contributed by atoms with van der Waals surface area (Å²) in [6, 6.07) is 2.24. The Hall–Kier alpha value is -1.93. The lowest BCUT2D eigenvalue weighted by atomic mass is 10.3. The lowest BCUT2D eigenvalue weighted by molar-refractivity contribution is -0.122. The number of amides is 1. The van der Waals surface area contributed by atoms with Gasteiger partial charge < -0.3 is 10.1 Å². The van der Waals surface area contributed by atoms with E-state index in [1.54, 1.807) is 0 Å². The first kappa shape index (κ1) is 15.5. The van der Waals surface area contributed by atoms with Crippen LogP contribution >= 0.6 is 0 Å². The monoisotopic (exact) mass is 296 g/mol. The minimum atomic E-state index is -0.413. The number of ether oxygens (including phenoxy) is 1. The molecule has 2 heterocycles. The Morgan fingerprint density at radius 2 is 2.10 bits per heavy atom. The van der Waals surface area contributed by atoms with E-state index in [4.69, 9.17) is 4.74 Å². The third-order valence-corrected chi connectivity index (χ3v) is 3.23. The van der Waals surface area contributed by atoms with E-state index < -0.39 is 11.1 Å². The highest BCUT2D eigenvalue weighted by Gasteiger charge is 2.15. The first-order valence-electron chi connectivity index (χ1n) is 6.94. The van der Waals surface area contributed by atoms with Crippen LogP contribution < -0.4 is 16.4 Å². The van der Waals surface area contributed by atoms with Gasteiger partial charge in [-0.25, -0.2) is 4.68 Å². The van der Waals surface area contributed by atoms with Crippen molar-refractivity contribution in [1.82, 2.24) is 20.0 Å². The second kappa shape index (κ2) is 7.19. The summed E-state index contributed by atoms with van der Waals surface area (Å²) in [5.41, 5.74) is -0.825. The Balaban J connectivity index is 1.84. The highest BCUT2D eigenvalue weighted by atomic mass is 16.5. The molecule has 0 spiro atoms. The van der Waals surface area contributed by atoms with E-state index in [1.807, 2.05) is 6.92 Å². The predicted octanol–water partition coefficient (Wildman–Crippen LogP) is -1.63. The van der Waals surface area contributed by atoms with Crippen molar-refractivity contribution >= 4 is 5.91 Å². The van der Waals surface area contributed by atoms with Gasteiger partial charge in [-0.15, -0.1) is 0 Å². The maximum Gasteiger partial charge on any atom is 0.265 e. The number of aromatic amines is 1. The zero-order valence-corrected chi connectivity index (χ0v) is 12.0. The molecule has 1 saturated heterocycles. The quantitative estimate of drug-likeness (QED) is 0.680. The molecule has 0 aromatic carbocycles. The molecule has 1 atom stereocenters. The minimum Gasteiger partial charge on any atom is -0.379 e. The number of aromatic nitrogens is 2. The molecule has 8 heteroatoms. The van der Waals surface area contributed by atoms with Crippen LogP contribution in [0.1, 0.15) is 6.92 Å². The first-order chi connectivity index (χ1) is 10.0. The zero-order chi connectivity index (χ0) is 15.2. The lowest BCUT2D eigenvalue weighted by Crippen LogP contribution is -2.47. The number of nitrogens with zero attached hydrogens (tertiary/aromatic N) is 2. The molecule has 1 aromatic rings. The fourth-order valence-corrected chi connectivity index (χ4v) is 2.26. The molecule has 1 amide bonds. The number of H-pyrrole nitrogens is 1. The van der Waals surface area contributed by atoms with Crippen molar-refractivity contribution in [3.63, 3.8) is 0 Å². The maximum atomic E-state index is 11.9. The summed E-state index contributed by atoms with van der Waals surface area (Å²) in [7, 11) is 0. The van der Waals surface area contributed by atoms with Crippen LogP contribution in [0.15, 0.2) is 21.7 Å². The van der Waals surface area contributed by atoms with E-state index in [0.717, 1.165) is 36.4 Å². The highest BCUT2D eigenvalue weighted by Crippen LogP contribution is 1.98. The molecule has 1 aliphatic rings. The van der Waals surface area contributed by atoms with Crippen LogP contribution in [0.4, 0.5) is 0 Å². The van der Waals surface area contributed by atoms with E-state index in [9.17, 15) is 14.4 Å². The van der Waals surface area contributed by atoms with Gasteiger partial charge in [0.1, 0.15) is 6.54 Å². The number of carbonyl (C=O) groups is 1. The molecule has 8 nitrogen and oxygen atoms in total. The van der Waals surface area contributed by atoms with Crippen molar-refractivity contribution in [2.24, 2.45) is 0 Å². The molecule has 21 heavy (non-hydrogen) atoms. The van der Waals surface area contributed by atoms with E-state index in [-0.39, 0.29) is 18.5 Å². The summed E-state index contributed by atoms with van der Waals surface area (Å²) in [5, 5.41) is 5.14. The van der Waals surface area contributed by atoms with Crippen molar-refractivity contribution in [3.8, 4) is 0 Å². The second-order valence-electron chi connectivity index (χ2n) is 5.12. The maximum absolute atomic E-state index is 11.9. The van der Waals surface area contributed by atoms with Gasteiger partial charge in [-0.1, -0.05) is 0 Å². The minimum absolute atomic E-state index is 0.0401. The van der Waals surface area contributed by atoms with Gasteiger partial charge in [-0.05, 0) is 6.92 Å². The van der Waals surface area contributed by atoms with Crippen molar-refractivity contribution < 1.29 is 9.53 Å². The predicted molar refractivity (Wildman–Crippen MR) is 76.2 cm³/mol. The van der Waals surface area contributed by atoms with E-state index in [2.05, 4.69) is 15.3 Å². The van der Waals surface area contributed by atoms with Crippen LogP contribution in [0, 0.1) is 0 Å². The summed E-state index contributed by atoms with van der Waals surface area (Å²) in [5.74, 6) is -0.306. The largest absolute Gasteiger partial charge is 0.379 e. The molecule has 0 saturated carbocycles. The molecule has 2 rings (SSSR count). The number of nitrogens with one attached hydrogen (secondary N) is 2. The summed E-state index contributed by atoms with van der Waals surface area (Å²) in [4.78, 5) is 36.7. The van der Waals surface area contributed by atoms with Crippen LogP contribution in [0.2, 0.25) is 0 Å². The summed E-state index contributed by atoms with van der Waals surface area (Å²) < 4.78 is 6.26. The number of carbonyl (C=O) groups excluding carboxylic acids is 1. The van der Waals surface area contributed by atoms with Gasteiger partial charge in [0.25, 0.3) is 11.1 Å². The fourth-order valence-electron chi connectivity index (χ4n) is 2.26. The normalized spacial score (nSPS) is 17.4. The summed E-state index contributed by atoms with van der Waals surface area (Å²) in [6.45, 7) is 5.57. The van der Waals surface area contributed by atoms with E-state index >= 15 is 0 Å². The van der Waals surface area contributed by atoms with Gasteiger partial charge in [-0.2, -0.15) is 0 Å². The van der Waals surface area contributed by atoms with Crippen molar-refractivity contribution in [3.05, 3.63) is 32.8 Å². The topological polar surface area (TPSA) is 96.4 Å². The van der Waals surface area contributed by atoms with Crippen LogP contribution in [-0.2, 0) is 16.1 Å². The Labute approximate surface area is 121 Å². The Kier molecular flexibility index (Phi) is 5.29. The van der Waals surface area contributed by atoms with E-state index in [0.29, 0.717) is 13.2 Å². The van der Waals surface area contributed by atoms with Gasteiger partial charge >= 0.3 is 0 Å². The van der Waals surface area contributed by atoms with Crippen molar-refractivity contribution in [2.45, 2.75) is 19.5 Å². The van der Waals surface area contributed by atoms with Crippen molar-refractivity contribution in [1.29, 1.82) is 0 Å². The molecule has 0 radical (unpaired) electrons. The summed E-state index contributed by atoms with van der Waals surface area (Å²) in [6.07, 6.45) is 0. The molecule has 2 N–H and O–H groups in total. The van der Waals surface area contributed by atoms with Crippen LogP contribution in [0.25, 0.3) is 0 Å².